The highest BCUT2D eigenvalue weighted by Crippen LogP contribution is 2.23. The molecule has 0 bridgehead atoms. The fraction of sp³-hybridized carbons (Fsp3) is 0.250. The van der Waals surface area contributed by atoms with E-state index in [1.807, 2.05) is 53.4 Å². The Labute approximate surface area is 157 Å². The standard InChI is InChI=1S/C20H19ClN4O/c21-16-5-3-4-15(12-16)13-19(26)24-8-10-25(11-9-24)20-17-6-1-2-7-18(17)22-14-23-20/h1-7,12,14H,8-11,13H2. The van der Waals surface area contributed by atoms with Crippen LogP contribution >= 0.6 is 11.6 Å². The van der Waals surface area contributed by atoms with Gasteiger partial charge in [0.05, 0.1) is 11.9 Å². The number of nitrogens with zero attached hydrogens (tertiary/aromatic N) is 4. The summed E-state index contributed by atoms with van der Waals surface area (Å²) in [4.78, 5) is 25.5. The molecule has 2 aromatic carbocycles. The average Bonchev–Trinajstić information content (AvgIpc) is 2.68. The lowest BCUT2D eigenvalue weighted by atomic mass is 10.1. The van der Waals surface area contributed by atoms with Crippen molar-refractivity contribution in [3.8, 4) is 0 Å². The van der Waals surface area contributed by atoms with Crippen LogP contribution in [-0.2, 0) is 11.2 Å². The fourth-order valence-electron chi connectivity index (χ4n) is 3.34. The minimum atomic E-state index is 0.138. The van der Waals surface area contributed by atoms with Crippen LogP contribution in [0.15, 0.2) is 54.9 Å². The largest absolute Gasteiger partial charge is 0.352 e. The molecule has 1 amide bonds. The Balaban J connectivity index is 1.43. The van der Waals surface area contributed by atoms with Crippen LogP contribution in [0.5, 0.6) is 0 Å². The van der Waals surface area contributed by atoms with E-state index in [9.17, 15) is 4.79 Å². The van der Waals surface area contributed by atoms with Crippen LogP contribution in [0.4, 0.5) is 5.82 Å². The molecule has 6 heteroatoms. The second kappa shape index (κ2) is 7.30. The average molecular weight is 367 g/mol. The highest BCUT2D eigenvalue weighted by molar-refractivity contribution is 6.30. The van der Waals surface area contributed by atoms with Crippen molar-refractivity contribution in [2.45, 2.75) is 6.42 Å². The maximum atomic E-state index is 12.6. The highest BCUT2D eigenvalue weighted by Gasteiger charge is 2.23. The predicted molar refractivity (Wildman–Crippen MR) is 103 cm³/mol. The Kier molecular flexibility index (Phi) is 4.71. The monoisotopic (exact) mass is 366 g/mol. The van der Waals surface area contributed by atoms with Crippen molar-refractivity contribution in [1.29, 1.82) is 0 Å². The number of amides is 1. The van der Waals surface area contributed by atoms with E-state index in [2.05, 4.69) is 14.9 Å². The number of anilines is 1. The van der Waals surface area contributed by atoms with Crippen LogP contribution in [0.2, 0.25) is 5.02 Å². The first-order valence-electron chi connectivity index (χ1n) is 8.67. The molecule has 0 radical (unpaired) electrons. The summed E-state index contributed by atoms with van der Waals surface area (Å²) in [5.74, 6) is 1.08. The lowest BCUT2D eigenvalue weighted by Crippen LogP contribution is -2.49. The van der Waals surface area contributed by atoms with Gasteiger partial charge in [-0.15, -0.1) is 0 Å². The maximum absolute atomic E-state index is 12.6. The summed E-state index contributed by atoms with van der Waals surface area (Å²) in [7, 11) is 0. The first-order chi connectivity index (χ1) is 12.7. The number of halogens is 1. The zero-order valence-corrected chi connectivity index (χ0v) is 15.1. The molecule has 1 fully saturated rings. The zero-order chi connectivity index (χ0) is 17.9. The van der Waals surface area contributed by atoms with E-state index in [-0.39, 0.29) is 5.91 Å². The number of fused-ring (bicyclic) bond motifs is 1. The van der Waals surface area contributed by atoms with Crippen LogP contribution in [0.1, 0.15) is 5.56 Å². The number of hydrogen-bond acceptors (Lipinski definition) is 4. The van der Waals surface area contributed by atoms with Crippen molar-refractivity contribution in [3.05, 3.63) is 65.4 Å². The van der Waals surface area contributed by atoms with E-state index < -0.39 is 0 Å². The zero-order valence-electron chi connectivity index (χ0n) is 14.3. The van der Waals surface area contributed by atoms with Gasteiger partial charge in [0.25, 0.3) is 0 Å². The molecule has 0 atom stereocenters. The molecule has 26 heavy (non-hydrogen) atoms. The van der Waals surface area contributed by atoms with E-state index in [0.717, 1.165) is 35.4 Å². The molecule has 4 rings (SSSR count). The lowest BCUT2D eigenvalue weighted by molar-refractivity contribution is -0.130. The molecule has 132 valence electrons. The highest BCUT2D eigenvalue weighted by atomic mass is 35.5. The van der Waals surface area contributed by atoms with Crippen molar-refractivity contribution >= 4 is 34.2 Å². The van der Waals surface area contributed by atoms with Crippen molar-refractivity contribution in [3.63, 3.8) is 0 Å². The van der Waals surface area contributed by atoms with E-state index in [1.165, 1.54) is 0 Å². The summed E-state index contributed by atoms with van der Waals surface area (Å²) in [5.41, 5.74) is 1.89. The number of hydrogen-bond donors (Lipinski definition) is 0. The minimum absolute atomic E-state index is 0.138. The van der Waals surface area contributed by atoms with Gasteiger partial charge in [0.15, 0.2) is 0 Å². The molecule has 0 unspecified atom stereocenters. The molecule has 2 heterocycles. The van der Waals surface area contributed by atoms with Crippen LogP contribution in [0.25, 0.3) is 10.9 Å². The molecule has 1 aromatic heterocycles. The molecule has 0 aliphatic carbocycles. The van der Waals surface area contributed by atoms with E-state index in [1.54, 1.807) is 6.33 Å². The van der Waals surface area contributed by atoms with Gasteiger partial charge in [-0.3, -0.25) is 4.79 Å². The molecule has 3 aromatic rings. The van der Waals surface area contributed by atoms with Crippen LogP contribution in [0, 0.1) is 0 Å². The molecular formula is C20H19ClN4O. The Bertz CT molecular complexity index is 933. The number of para-hydroxylation sites is 1. The normalized spacial score (nSPS) is 14.7. The molecule has 0 spiro atoms. The second-order valence-electron chi connectivity index (χ2n) is 6.39. The third-order valence-electron chi connectivity index (χ3n) is 4.70. The first kappa shape index (κ1) is 16.8. The second-order valence-corrected chi connectivity index (χ2v) is 6.83. The maximum Gasteiger partial charge on any atom is 0.227 e. The smallest absolute Gasteiger partial charge is 0.227 e. The van der Waals surface area contributed by atoms with Gasteiger partial charge in [-0.2, -0.15) is 0 Å². The summed E-state index contributed by atoms with van der Waals surface area (Å²) in [6.45, 7) is 2.92. The van der Waals surface area contributed by atoms with Gasteiger partial charge in [-0.05, 0) is 29.8 Å². The van der Waals surface area contributed by atoms with Crippen molar-refractivity contribution < 1.29 is 4.79 Å². The number of carbonyl (C=O) groups is 1. The van der Waals surface area contributed by atoms with Gasteiger partial charge in [0.1, 0.15) is 12.1 Å². The van der Waals surface area contributed by atoms with E-state index in [4.69, 9.17) is 11.6 Å². The molecule has 1 saturated heterocycles. The van der Waals surface area contributed by atoms with Gasteiger partial charge in [0, 0.05) is 36.6 Å². The molecule has 1 aliphatic rings. The van der Waals surface area contributed by atoms with Gasteiger partial charge >= 0.3 is 0 Å². The van der Waals surface area contributed by atoms with Gasteiger partial charge in [-0.1, -0.05) is 35.9 Å². The Morgan fingerprint density at radius 3 is 2.62 bits per heavy atom. The topological polar surface area (TPSA) is 49.3 Å². The van der Waals surface area contributed by atoms with Crippen molar-refractivity contribution in [2.75, 3.05) is 31.1 Å². The molecular weight excluding hydrogens is 348 g/mol. The Morgan fingerprint density at radius 2 is 1.81 bits per heavy atom. The summed E-state index contributed by atoms with van der Waals surface area (Å²) in [6.07, 6.45) is 1.99. The van der Waals surface area contributed by atoms with Crippen LogP contribution < -0.4 is 4.90 Å². The third kappa shape index (κ3) is 3.48. The summed E-state index contributed by atoms with van der Waals surface area (Å²) in [5, 5.41) is 1.71. The fourth-order valence-corrected chi connectivity index (χ4v) is 3.56. The number of rotatable bonds is 3. The van der Waals surface area contributed by atoms with E-state index >= 15 is 0 Å². The summed E-state index contributed by atoms with van der Waals surface area (Å²) < 4.78 is 0. The number of carbonyl (C=O) groups excluding carboxylic acids is 1. The van der Waals surface area contributed by atoms with Crippen molar-refractivity contribution in [1.82, 2.24) is 14.9 Å². The van der Waals surface area contributed by atoms with Crippen molar-refractivity contribution in [2.24, 2.45) is 0 Å². The Hall–Kier alpha value is -2.66. The van der Waals surface area contributed by atoms with Gasteiger partial charge in [0.2, 0.25) is 5.91 Å². The van der Waals surface area contributed by atoms with Crippen LogP contribution in [-0.4, -0.2) is 47.0 Å². The van der Waals surface area contributed by atoms with Gasteiger partial charge in [-0.25, -0.2) is 9.97 Å². The number of piperazine rings is 1. The number of aromatic nitrogens is 2. The SMILES string of the molecule is O=C(Cc1cccc(Cl)c1)N1CCN(c2ncnc3ccccc23)CC1. The van der Waals surface area contributed by atoms with Crippen LogP contribution in [0.3, 0.4) is 0 Å². The van der Waals surface area contributed by atoms with Gasteiger partial charge < -0.3 is 9.80 Å². The lowest BCUT2D eigenvalue weighted by Gasteiger charge is -2.35. The predicted octanol–water partition coefficient (Wildman–Crippen LogP) is 3.17. The summed E-state index contributed by atoms with van der Waals surface area (Å²) in [6, 6.07) is 15.5. The molecule has 1 aliphatic heterocycles. The summed E-state index contributed by atoms with van der Waals surface area (Å²) >= 11 is 6.01. The number of benzene rings is 2. The molecule has 0 saturated carbocycles. The third-order valence-corrected chi connectivity index (χ3v) is 4.93. The van der Waals surface area contributed by atoms with E-state index in [0.29, 0.717) is 24.5 Å². The Morgan fingerprint density at radius 1 is 1.00 bits per heavy atom. The first-order valence-corrected chi connectivity index (χ1v) is 9.05. The minimum Gasteiger partial charge on any atom is -0.352 e. The molecule has 0 N–H and O–H groups in total. The quantitative estimate of drug-likeness (QED) is 0.714. The molecule has 5 nitrogen and oxygen atoms in total.